The van der Waals surface area contributed by atoms with Crippen LogP contribution in [-0.2, 0) is 6.42 Å². The predicted octanol–water partition coefficient (Wildman–Crippen LogP) is 0.150. The molecule has 1 heterocycles. The zero-order chi connectivity index (χ0) is 11.4. The number of aryl methyl sites for hydroxylation is 1. The van der Waals surface area contributed by atoms with E-state index >= 15 is 0 Å². The second-order valence-electron chi connectivity index (χ2n) is 4.09. The molecule has 1 aromatic heterocycles. The van der Waals surface area contributed by atoms with Crippen molar-refractivity contribution in [3.05, 3.63) is 66.0 Å². The van der Waals surface area contributed by atoms with Crippen LogP contribution in [-0.4, -0.2) is 0 Å². The Hall–Kier alpha value is -1.15. The van der Waals surface area contributed by atoms with Gasteiger partial charge in [0.05, 0.1) is 0 Å². The molecule has 0 amide bonds. The number of halogens is 1. The first kappa shape index (κ1) is 13.9. The van der Waals surface area contributed by atoms with E-state index in [1.54, 1.807) is 0 Å². The minimum absolute atomic E-state index is 0. The summed E-state index contributed by atoms with van der Waals surface area (Å²) in [4.78, 5) is 0. The van der Waals surface area contributed by atoms with Gasteiger partial charge in [0.25, 0.3) is 0 Å². The Morgan fingerprint density at radius 1 is 1.00 bits per heavy atom. The highest BCUT2D eigenvalue weighted by Gasteiger charge is 2.13. The van der Waals surface area contributed by atoms with Crippen molar-refractivity contribution in [1.29, 1.82) is 0 Å². The summed E-state index contributed by atoms with van der Waals surface area (Å²) in [5.74, 6) is 0. The molecule has 0 fully saturated rings. The lowest BCUT2D eigenvalue weighted by Crippen LogP contribution is -3.00. The van der Waals surface area contributed by atoms with Gasteiger partial charge >= 0.3 is 0 Å². The number of aromatic nitrogens is 1. The Labute approximate surface area is 114 Å². The first-order valence-electron chi connectivity index (χ1n) is 5.86. The zero-order valence-corrected chi connectivity index (χ0v) is 11.9. The maximum absolute atomic E-state index is 2.24. The summed E-state index contributed by atoms with van der Waals surface area (Å²) in [6.07, 6.45) is 5.42. The van der Waals surface area contributed by atoms with Gasteiger partial charge in [-0.25, -0.2) is 0 Å². The molecule has 1 unspecified atom stereocenters. The molecule has 0 saturated heterocycles. The average molecular weight is 292 g/mol. The van der Waals surface area contributed by atoms with Gasteiger partial charge in [-0.3, -0.25) is 0 Å². The Morgan fingerprint density at radius 2 is 1.59 bits per heavy atom. The van der Waals surface area contributed by atoms with Gasteiger partial charge in [0.2, 0.25) is 0 Å². The van der Waals surface area contributed by atoms with E-state index in [9.17, 15) is 0 Å². The summed E-state index contributed by atoms with van der Waals surface area (Å²) in [5, 5.41) is 0. The van der Waals surface area contributed by atoms with Gasteiger partial charge in [0, 0.05) is 24.6 Å². The van der Waals surface area contributed by atoms with Crippen molar-refractivity contribution in [2.75, 3.05) is 0 Å². The van der Waals surface area contributed by atoms with Gasteiger partial charge < -0.3 is 17.0 Å². The molecule has 2 rings (SSSR count). The molecular weight excluding hydrogens is 274 g/mol. The molecule has 2 aromatic rings. The lowest BCUT2D eigenvalue weighted by atomic mass is 10.1. The van der Waals surface area contributed by atoms with Gasteiger partial charge in [-0.1, -0.05) is 37.3 Å². The highest BCUT2D eigenvalue weighted by atomic mass is 79.9. The van der Waals surface area contributed by atoms with Crippen molar-refractivity contribution >= 4 is 0 Å². The number of rotatable bonds is 3. The molecule has 1 aromatic carbocycles. The molecule has 1 atom stereocenters. The molecule has 17 heavy (non-hydrogen) atoms. The Kier molecular flexibility index (Phi) is 5.36. The van der Waals surface area contributed by atoms with Crippen LogP contribution in [0, 0.1) is 0 Å². The number of hydrogen-bond acceptors (Lipinski definition) is 0. The van der Waals surface area contributed by atoms with E-state index in [-0.39, 0.29) is 17.0 Å². The van der Waals surface area contributed by atoms with Crippen LogP contribution in [0.5, 0.6) is 0 Å². The van der Waals surface area contributed by atoms with Crippen molar-refractivity contribution in [3.8, 4) is 0 Å². The van der Waals surface area contributed by atoms with Crippen LogP contribution in [0.25, 0.3) is 0 Å². The largest absolute Gasteiger partial charge is 1.00 e. The van der Waals surface area contributed by atoms with Crippen LogP contribution < -0.4 is 21.5 Å². The number of hydrogen-bond donors (Lipinski definition) is 0. The molecule has 0 aliphatic carbocycles. The van der Waals surface area contributed by atoms with Gasteiger partial charge in [-0.15, -0.1) is 0 Å². The molecule has 0 aliphatic rings. The van der Waals surface area contributed by atoms with Crippen LogP contribution in [0.3, 0.4) is 0 Å². The van der Waals surface area contributed by atoms with E-state index in [0.29, 0.717) is 6.04 Å². The SMILES string of the molecule is CCc1cc[n+](C(C)c2ccccc2)cc1.[Br-]. The molecule has 0 N–H and O–H groups in total. The maximum atomic E-state index is 2.24. The molecule has 2 heteroatoms. The number of nitrogens with zero attached hydrogens (tertiary/aromatic N) is 1. The third kappa shape index (κ3) is 3.40. The third-order valence-electron chi connectivity index (χ3n) is 3.06. The zero-order valence-electron chi connectivity index (χ0n) is 10.3. The Bertz CT molecular complexity index is 436. The molecule has 1 nitrogen and oxygen atoms in total. The number of benzene rings is 1. The monoisotopic (exact) mass is 291 g/mol. The standard InChI is InChI=1S/C15H18N.BrH/c1-3-14-9-11-16(12-10-14)13(2)15-7-5-4-6-8-15;/h4-13H,3H2,1-2H3;1H/q+1;/p-1. The van der Waals surface area contributed by atoms with Crippen LogP contribution in [0.15, 0.2) is 54.9 Å². The fraction of sp³-hybridized carbons (Fsp3) is 0.267. The van der Waals surface area contributed by atoms with E-state index in [1.165, 1.54) is 11.1 Å². The highest BCUT2D eigenvalue weighted by Crippen LogP contribution is 2.10. The summed E-state index contributed by atoms with van der Waals surface area (Å²) < 4.78 is 2.24. The second-order valence-corrected chi connectivity index (χ2v) is 4.09. The fourth-order valence-corrected chi connectivity index (χ4v) is 1.87. The summed E-state index contributed by atoms with van der Waals surface area (Å²) in [7, 11) is 0. The summed E-state index contributed by atoms with van der Waals surface area (Å²) in [6, 6.07) is 15.4. The molecule has 0 spiro atoms. The van der Waals surface area contributed by atoms with Crippen LogP contribution >= 0.6 is 0 Å². The number of pyridine rings is 1. The summed E-state index contributed by atoms with van der Waals surface area (Å²) in [6.45, 7) is 4.40. The van der Waals surface area contributed by atoms with Gasteiger partial charge in [-0.2, -0.15) is 4.57 Å². The third-order valence-corrected chi connectivity index (χ3v) is 3.06. The summed E-state index contributed by atoms with van der Waals surface area (Å²) >= 11 is 0. The van der Waals surface area contributed by atoms with Crippen molar-refractivity contribution in [2.24, 2.45) is 0 Å². The first-order valence-corrected chi connectivity index (χ1v) is 5.86. The van der Waals surface area contributed by atoms with Gasteiger partial charge in [0.15, 0.2) is 18.4 Å². The predicted molar refractivity (Wildman–Crippen MR) is 66.3 cm³/mol. The normalized spacial score (nSPS) is 11.6. The van der Waals surface area contributed by atoms with Crippen LogP contribution in [0.4, 0.5) is 0 Å². The van der Waals surface area contributed by atoms with Crippen molar-refractivity contribution < 1.29 is 21.5 Å². The van der Waals surface area contributed by atoms with E-state index in [4.69, 9.17) is 0 Å². The smallest absolute Gasteiger partial charge is 0.180 e. The molecule has 90 valence electrons. The van der Waals surface area contributed by atoms with Gasteiger partial charge in [0.1, 0.15) is 0 Å². The highest BCUT2D eigenvalue weighted by molar-refractivity contribution is 5.16. The first-order chi connectivity index (χ1) is 7.81. The molecule has 0 aliphatic heterocycles. The average Bonchev–Trinajstić information content (AvgIpc) is 2.39. The topological polar surface area (TPSA) is 3.88 Å². The van der Waals surface area contributed by atoms with Crippen LogP contribution in [0.2, 0.25) is 0 Å². The molecule has 0 radical (unpaired) electrons. The molecule has 0 bridgehead atoms. The van der Waals surface area contributed by atoms with Crippen molar-refractivity contribution in [2.45, 2.75) is 26.3 Å². The van der Waals surface area contributed by atoms with E-state index in [2.05, 4.69) is 73.3 Å². The Morgan fingerprint density at radius 3 is 2.12 bits per heavy atom. The van der Waals surface area contributed by atoms with E-state index in [0.717, 1.165) is 6.42 Å². The quantitative estimate of drug-likeness (QED) is 0.709. The Balaban J connectivity index is 0.00000144. The lowest BCUT2D eigenvalue weighted by Gasteiger charge is -2.07. The van der Waals surface area contributed by atoms with Gasteiger partial charge in [-0.05, 0) is 12.0 Å². The minimum Gasteiger partial charge on any atom is -1.00 e. The second kappa shape index (κ2) is 6.55. The summed E-state index contributed by atoms with van der Waals surface area (Å²) in [5.41, 5.74) is 2.73. The van der Waals surface area contributed by atoms with E-state index in [1.807, 2.05) is 0 Å². The van der Waals surface area contributed by atoms with E-state index < -0.39 is 0 Å². The molecular formula is C15H18BrN. The maximum Gasteiger partial charge on any atom is 0.180 e. The minimum atomic E-state index is 0. The van der Waals surface area contributed by atoms with Crippen molar-refractivity contribution in [1.82, 2.24) is 0 Å². The molecule has 0 saturated carbocycles. The van der Waals surface area contributed by atoms with Crippen molar-refractivity contribution in [3.63, 3.8) is 0 Å². The van der Waals surface area contributed by atoms with Crippen LogP contribution in [0.1, 0.15) is 31.0 Å². The fourth-order valence-electron chi connectivity index (χ4n) is 1.87. The lowest BCUT2D eigenvalue weighted by molar-refractivity contribution is -0.710.